The molecular weight excluding hydrogens is 577 g/mol. The van der Waals surface area contributed by atoms with Crippen LogP contribution < -0.4 is 14.8 Å². The molecule has 1 fully saturated rings. The van der Waals surface area contributed by atoms with Crippen molar-refractivity contribution in [3.05, 3.63) is 69.1 Å². The van der Waals surface area contributed by atoms with Crippen LogP contribution in [-0.4, -0.2) is 46.9 Å². The van der Waals surface area contributed by atoms with Crippen molar-refractivity contribution >= 4 is 27.7 Å². The normalized spacial score (nSPS) is 19.0. The molecule has 5 rings (SSSR count). The Morgan fingerprint density at radius 3 is 2.63 bits per heavy atom. The van der Waals surface area contributed by atoms with Crippen molar-refractivity contribution in [1.82, 2.24) is 30.3 Å². The van der Waals surface area contributed by atoms with Gasteiger partial charge in [-0.3, -0.25) is 10.6 Å². The number of likely N-dealkylation sites (tertiary alicyclic amines) is 1. The number of aromatic nitrogens is 3. The van der Waals surface area contributed by atoms with Gasteiger partial charge in [0.1, 0.15) is 11.9 Å². The minimum atomic E-state index is -4.46. The predicted octanol–water partition coefficient (Wildman–Crippen LogP) is 4.98. The molecule has 41 heavy (non-hydrogen) atoms. The zero-order valence-corrected chi connectivity index (χ0v) is 24.4. The van der Waals surface area contributed by atoms with Gasteiger partial charge in [-0.1, -0.05) is 19.1 Å². The van der Waals surface area contributed by atoms with E-state index in [9.17, 15) is 21.6 Å². The van der Waals surface area contributed by atoms with E-state index < -0.39 is 22.0 Å². The third-order valence-electron chi connectivity index (χ3n) is 7.23. The predicted molar refractivity (Wildman–Crippen MR) is 151 cm³/mol. The molecule has 2 aromatic heterocycles. The summed E-state index contributed by atoms with van der Waals surface area (Å²) in [5.74, 6) is 0.622. The van der Waals surface area contributed by atoms with E-state index in [2.05, 4.69) is 20.6 Å². The lowest BCUT2D eigenvalue weighted by atomic mass is 9.98. The molecule has 222 valence electrons. The second-order valence-corrected chi connectivity index (χ2v) is 12.8. The number of piperidine rings is 1. The van der Waals surface area contributed by atoms with Crippen LogP contribution in [0.4, 0.5) is 13.2 Å². The number of thiazole rings is 1. The average Bonchev–Trinajstić information content (AvgIpc) is 3.49. The van der Waals surface area contributed by atoms with E-state index in [4.69, 9.17) is 9.17 Å². The van der Waals surface area contributed by atoms with Gasteiger partial charge in [-0.25, -0.2) is 9.67 Å². The minimum Gasteiger partial charge on any atom is -0.382 e. The highest BCUT2D eigenvalue weighted by molar-refractivity contribution is 7.87. The maximum atomic E-state index is 12.9. The molecule has 2 N–H and O–H groups in total. The molecule has 3 aromatic rings. The molecule has 0 radical (unpaired) electrons. The van der Waals surface area contributed by atoms with Crippen molar-refractivity contribution in [3.8, 4) is 5.75 Å². The molecule has 1 aromatic carbocycles. The molecule has 0 spiro atoms. The van der Waals surface area contributed by atoms with Crippen LogP contribution >= 0.6 is 11.3 Å². The fourth-order valence-electron chi connectivity index (χ4n) is 5.03. The number of hydrogen-bond acceptors (Lipinski definition) is 9. The summed E-state index contributed by atoms with van der Waals surface area (Å²) in [5, 5.41) is 13.7. The van der Waals surface area contributed by atoms with Gasteiger partial charge in [0.2, 0.25) is 0 Å². The Labute approximate surface area is 241 Å². The molecule has 1 unspecified atom stereocenters. The smallest absolute Gasteiger partial charge is 0.382 e. The van der Waals surface area contributed by atoms with Crippen LogP contribution in [0.2, 0.25) is 0 Å². The quantitative estimate of drug-likeness (QED) is 0.345. The van der Waals surface area contributed by atoms with Crippen molar-refractivity contribution < 1.29 is 25.8 Å². The SMILES string of the molecule is CCCS(=O)(=O)Oc1cccc2c1CNC(c1csc(C3CCN(C=Cn4nc(C(F)(F)F)cc4C)CC3)n1)NC2. The zero-order chi connectivity index (χ0) is 29.2. The van der Waals surface area contributed by atoms with Crippen molar-refractivity contribution in [2.75, 3.05) is 18.8 Å². The third kappa shape index (κ3) is 7.11. The lowest BCUT2D eigenvalue weighted by Crippen LogP contribution is -2.31. The summed E-state index contributed by atoms with van der Waals surface area (Å²) in [6.45, 7) is 5.90. The number of benzene rings is 1. The van der Waals surface area contributed by atoms with Gasteiger partial charge < -0.3 is 9.08 Å². The summed E-state index contributed by atoms with van der Waals surface area (Å²) < 4.78 is 70.0. The molecule has 0 saturated carbocycles. The molecule has 2 aliphatic heterocycles. The van der Waals surface area contributed by atoms with Gasteiger partial charge >= 0.3 is 16.3 Å². The number of nitrogens with one attached hydrogen (secondary N) is 2. The van der Waals surface area contributed by atoms with Crippen molar-refractivity contribution in [1.29, 1.82) is 0 Å². The summed E-state index contributed by atoms with van der Waals surface area (Å²) in [7, 11) is -3.64. The van der Waals surface area contributed by atoms with E-state index in [0.717, 1.165) is 53.8 Å². The molecule has 14 heteroatoms. The molecular formula is C27H33F3N6O3S2. The monoisotopic (exact) mass is 610 g/mol. The van der Waals surface area contributed by atoms with Gasteiger partial charge in [-0.2, -0.15) is 26.7 Å². The van der Waals surface area contributed by atoms with Crippen molar-refractivity contribution in [2.45, 2.75) is 64.5 Å². The Bertz CT molecular complexity index is 1490. The highest BCUT2D eigenvalue weighted by Gasteiger charge is 2.34. The number of alkyl halides is 3. The van der Waals surface area contributed by atoms with Gasteiger partial charge in [0.25, 0.3) is 0 Å². The van der Waals surface area contributed by atoms with E-state index in [1.165, 1.54) is 4.68 Å². The van der Waals surface area contributed by atoms with Crippen molar-refractivity contribution in [2.24, 2.45) is 0 Å². The van der Waals surface area contributed by atoms with Gasteiger partial charge in [0.05, 0.1) is 16.5 Å². The first-order valence-corrected chi connectivity index (χ1v) is 16.0. The number of aryl methyl sites for hydroxylation is 1. The second kappa shape index (κ2) is 12.1. The number of rotatable bonds is 8. The van der Waals surface area contributed by atoms with E-state index in [0.29, 0.717) is 36.9 Å². The number of hydrogen-bond donors (Lipinski definition) is 2. The first-order chi connectivity index (χ1) is 19.5. The fourth-order valence-corrected chi connectivity index (χ4v) is 7.06. The highest BCUT2D eigenvalue weighted by atomic mass is 32.2. The largest absolute Gasteiger partial charge is 0.435 e. The van der Waals surface area contributed by atoms with Crippen molar-refractivity contribution in [3.63, 3.8) is 0 Å². The zero-order valence-electron chi connectivity index (χ0n) is 22.8. The van der Waals surface area contributed by atoms with Gasteiger partial charge in [-0.15, -0.1) is 11.3 Å². The molecule has 1 saturated heterocycles. The van der Waals surface area contributed by atoms with E-state index >= 15 is 0 Å². The molecule has 2 aliphatic rings. The summed E-state index contributed by atoms with van der Waals surface area (Å²) in [5.41, 5.74) is 2.20. The minimum absolute atomic E-state index is 0.0331. The number of halogens is 3. The molecule has 4 heterocycles. The van der Waals surface area contributed by atoms with Gasteiger partial charge in [0, 0.05) is 61.1 Å². The van der Waals surface area contributed by atoms with Crippen LogP contribution in [0.3, 0.4) is 0 Å². The second-order valence-electron chi connectivity index (χ2n) is 10.3. The highest BCUT2D eigenvalue weighted by Crippen LogP contribution is 2.33. The van der Waals surface area contributed by atoms with E-state index in [1.807, 2.05) is 11.4 Å². The lowest BCUT2D eigenvalue weighted by molar-refractivity contribution is -0.141. The Morgan fingerprint density at radius 2 is 1.93 bits per heavy atom. The molecule has 0 amide bonds. The first kappa shape index (κ1) is 29.5. The number of nitrogens with zero attached hydrogens (tertiary/aromatic N) is 4. The van der Waals surface area contributed by atoms with Crippen LogP contribution in [0, 0.1) is 6.92 Å². The van der Waals surface area contributed by atoms with Crippen LogP contribution in [0.1, 0.15) is 71.5 Å². The van der Waals surface area contributed by atoms with Crippen LogP contribution in [0.15, 0.2) is 35.8 Å². The van der Waals surface area contributed by atoms with Gasteiger partial charge in [0.15, 0.2) is 5.69 Å². The van der Waals surface area contributed by atoms with Crippen LogP contribution in [0.25, 0.3) is 6.20 Å². The van der Waals surface area contributed by atoms with Gasteiger partial charge in [-0.05, 0) is 43.9 Å². The van der Waals surface area contributed by atoms with Crippen LogP contribution in [-0.2, 0) is 29.4 Å². The maximum Gasteiger partial charge on any atom is 0.435 e. The summed E-state index contributed by atoms with van der Waals surface area (Å²) in [6.07, 6.45) is 0.956. The summed E-state index contributed by atoms with van der Waals surface area (Å²) in [6, 6.07) is 6.49. The topological polar surface area (TPSA) is 101 Å². The van der Waals surface area contributed by atoms with E-state index in [1.54, 1.807) is 49.7 Å². The van der Waals surface area contributed by atoms with E-state index in [-0.39, 0.29) is 11.9 Å². The molecule has 0 aliphatic carbocycles. The van der Waals surface area contributed by atoms with Crippen LogP contribution in [0.5, 0.6) is 5.75 Å². The third-order valence-corrected chi connectivity index (χ3v) is 9.59. The maximum absolute atomic E-state index is 12.9. The molecule has 9 nitrogen and oxygen atoms in total. The fraction of sp³-hybridized carbons (Fsp3) is 0.481. The summed E-state index contributed by atoms with van der Waals surface area (Å²) >= 11 is 1.62. The Morgan fingerprint density at radius 1 is 1.17 bits per heavy atom. The average molecular weight is 611 g/mol. The lowest BCUT2D eigenvalue weighted by Gasteiger charge is -2.30. The Hall–Kier alpha value is -2.94. The number of fused-ring (bicyclic) bond motifs is 1. The summed E-state index contributed by atoms with van der Waals surface area (Å²) in [4.78, 5) is 7.02. The standard InChI is InChI=1S/C27H33F3N6O3S2/c1-3-13-41(37,38)39-23-6-4-5-20-15-31-25(32-16-21(20)23)22-17-40-26(33-22)19-7-9-35(10-8-19)11-12-36-18(2)14-24(34-36)27(28,29)30/h4-6,11-12,14,17,19,25,31-32H,3,7-10,13,15-16H2,1-2H3. The Kier molecular flexibility index (Phi) is 8.73. The Balaban J connectivity index is 1.18. The molecule has 0 bridgehead atoms. The first-order valence-electron chi connectivity index (χ1n) is 13.5. The molecule has 1 atom stereocenters.